The third-order valence-electron chi connectivity index (χ3n) is 8.82. The molecule has 1 aliphatic carbocycles. The number of nitrogens with one attached hydrogen (secondary N) is 1. The Morgan fingerprint density at radius 3 is 2.44 bits per heavy atom. The fourth-order valence-electron chi connectivity index (χ4n) is 6.99. The first-order valence-electron chi connectivity index (χ1n) is 13.3. The lowest BCUT2D eigenvalue weighted by atomic mass is 9.89. The van der Waals surface area contributed by atoms with Crippen molar-refractivity contribution in [2.45, 2.75) is 75.5 Å². The standard InChI is InChI=1S/C27H37N5O2/c33-26-28-23-8-2-4-10-25(23)32(26)22-13-16-29(17-14-22)21-11-18-30(19-12-21)27(34)31-15-5-7-20-6-1-3-9-24(20)31/h1,3,5-7,9,21-23,25H,2,4,8,10-19H2,(H,28,33)/t23-,25-/m0/s1. The van der Waals surface area contributed by atoms with Crippen LogP contribution < -0.4 is 10.2 Å². The van der Waals surface area contributed by atoms with Gasteiger partial charge in [-0.2, -0.15) is 0 Å². The van der Waals surface area contributed by atoms with Gasteiger partial charge in [0, 0.05) is 44.8 Å². The van der Waals surface area contributed by atoms with E-state index in [1.165, 1.54) is 12.8 Å². The van der Waals surface area contributed by atoms with Crippen molar-refractivity contribution in [2.75, 3.05) is 37.6 Å². The molecule has 4 fully saturated rings. The topological polar surface area (TPSA) is 59.1 Å². The fourth-order valence-corrected chi connectivity index (χ4v) is 6.99. The number of hydrogen-bond donors (Lipinski definition) is 1. The summed E-state index contributed by atoms with van der Waals surface area (Å²) in [5.74, 6) is 0. The quantitative estimate of drug-likeness (QED) is 0.724. The van der Waals surface area contributed by atoms with Crippen molar-refractivity contribution >= 4 is 23.8 Å². The van der Waals surface area contributed by atoms with E-state index in [1.807, 2.05) is 28.0 Å². The Hall–Kier alpha value is -2.54. The van der Waals surface area contributed by atoms with Gasteiger partial charge in [-0.15, -0.1) is 0 Å². The van der Waals surface area contributed by atoms with E-state index in [1.54, 1.807) is 0 Å². The van der Waals surface area contributed by atoms with Gasteiger partial charge in [0.2, 0.25) is 0 Å². The largest absolute Gasteiger partial charge is 0.333 e. The predicted octanol–water partition coefficient (Wildman–Crippen LogP) is 3.91. The van der Waals surface area contributed by atoms with E-state index < -0.39 is 0 Å². The molecule has 7 nitrogen and oxygen atoms in total. The van der Waals surface area contributed by atoms with Crippen LogP contribution in [0, 0.1) is 0 Å². The average molecular weight is 464 g/mol. The number of carbonyl (C=O) groups is 2. The maximum Gasteiger partial charge on any atom is 0.324 e. The number of urea groups is 2. The van der Waals surface area contributed by atoms with Crippen molar-refractivity contribution in [3.8, 4) is 0 Å². The highest BCUT2D eigenvalue weighted by atomic mass is 16.2. The summed E-state index contributed by atoms with van der Waals surface area (Å²) >= 11 is 0. The molecule has 1 N–H and O–H groups in total. The van der Waals surface area contributed by atoms with Crippen LogP contribution in [0.3, 0.4) is 0 Å². The second kappa shape index (κ2) is 9.25. The number of hydrogen-bond acceptors (Lipinski definition) is 3. The molecule has 4 amide bonds. The molecule has 34 heavy (non-hydrogen) atoms. The number of carbonyl (C=O) groups excluding carboxylic acids is 2. The highest BCUT2D eigenvalue weighted by Gasteiger charge is 2.44. The minimum Gasteiger partial charge on any atom is -0.333 e. The summed E-state index contributed by atoms with van der Waals surface area (Å²) < 4.78 is 0. The van der Waals surface area contributed by atoms with E-state index in [4.69, 9.17) is 0 Å². The summed E-state index contributed by atoms with van der Waals surface area (Å²) in [6, 6.07) is 10.2. The number of likely N-dealkylation sites (tertiary alicyclic amines) is 2. The number of rotatable bonds is 2. The lowest BCUT2D eigenvalue weighted by Gasteiger charge is -2.45. The Bertz CT molecular complexity index is 948. The highest BCUT2D eigenvalue weighted by molar-refractivity contribution is 5.96. The first kappa shape index (κ1) is 22.0. The second-order valence-corrected chi connectivity index (χ2v) is 10.7. The van der Waals surface area contributed by atoms with Crippen LogP contribution in [0.25, 0.3) is 6.08 Å². The van der Waals surface area contributed by atoms with Crippen LogP contribution in [0.2, 0.25) is 0 Å². The Morgan fingerprint density at radius 2 is 1.62 bits per heavy atom. The lowest BCUT2D eigenvalue weighted by molar-refractivity contribution is 0.0613. The zero-order valence-corrected chi connectivity index (χ0v) is 20.1. The minimum absolute atomic E-state index is 0.135. The number of amides is 4. The summed E-state index contributed by atoms with van der Waals surface area (Å²) in [7, 11) is 0. The van der Waals surface area contributed by atoms with E-state index in [-0.39, 0.29) is 12.1 Å². The van der Waals surface area contributed by atoms with E-state index in [2.05, 4.69) is 33.3 Å². The zero-order valence-electron chi connectivity index (χ0n) is 20.1. The van der Waals surface area contributed by atoms with Gasteiger partial charge in [0.15, 0.2) is 0 Å². The first-order valence-corrected chi connectivity index (χ1v) is 13.3. The summed E-state index contributed by atoms with van der Waals surface area (Å²) in [5, 5.41) is 3.25. The molecule has 7 heteroatoms. The van der Waals surface area contributed by atoms with Crippen molar-refractivity contribution in [2.24, 2.45) is 0 Å². The minimum atomic E-state index is 0.135. The van der Waals surface area contributed by atoms with Gasteiger partial charge in [0.1, 0.15) is 0 Å². The smallest absolute Gasteiger partial charge is 0.324 e. The van der Waals surface area contributed by atoms with Crippen molar-refractivity contribution in [1.82, 2.24) is 20.0 Å². The third-order valence-corrected chi connectivity index (χ3v) is 8.82. The highest BCUT2D eigenvalue weighted by Crippen LogP contribution is 2.33. The number of fused-ring (bicyclic) bond motifs is 2. The van der Waals surface area contributed by atoms with Gasteiger partial charge < -0.3 is 20.0 Å². The van der Waals surface area contributed by atoms with Gasteiger partial charge in [0.25, 0.3) is 0 Å². The van der Waals surface area contributed by atoms with Gasteiger partial charge in [0.05, 0.1) is 17.8 Å². The van der Waals surface area contributed by atoms with Crippen molar-refractivity contribution in [3.63, 3.8) is 0 Å². The van der Waals surface area contributed by atoms with Crippen LogP contribution in [-0.2, 0) is 0 Å². The number of anilines is 1. The molecule has 1 saturated carbocycles. The molecule has 1 aromatic carbocycles. The molecule has 0 bridgehead atoms. The first-order chi connectivity index (χ1) is 16.7. The molecule has 3 saturated heterocycles. The van der Waals surface area contributed by atoms with Gasteiger partial charge in [-0.3, -0.25) is 4.90 Å². The molecule has 6 rings (SSSR count). The number of benzene rings is 1. The second-order valence-electron chi connectivity index (χ2n) is 10.7. The van der Waals surface area contributed by atoms with Gasteiger partial charge in [-0.25, -0.2) is 9.59 Å². The molecule has 182 valence electrons. The SMILES string of the molecule is O=C(N1CCC(N2CCC(N3C(=O)N[C@H]4CCCC[C@@H]43)CC2)CC1)N1CC=Cc2ccccc21. The number of piperidine rings is 2. The van der Waals surface area contributed by atoms with Crippen LogP contribution in [0.1, 0.15) is 56.9 Å². The van der Waals surface area contributed by atoms with Crippen LogP contribution >= 0.6 is 0 Å². The molecular formula is C27H37N5O2. The normalized spacial score (nSPS) is 28.6. The van der Waals surface area contributed by atoms with E-state index in [0.717, 1.165) is 76.0 Å². The molecular weight excluding hydrogens is 426 g/mol. The molecule has 0 aromatic heterocycles. The van der Waals surface area contributed by atoms with Crippen LogP contribution in [0.5, 0.6) is 0 Å². The maximum absolute atomic E-state index is 13.3. The molecule has 5 aliphatic rings. The van der Waals surface area contributed by atoms with Crippen LogP contribution in [0.4, 0.5) is 15.3 Å². The molecule has 0 unspecified atom stereocenters. The summed E-state index contributed by atoms with van der Waals surface area (Å²) in [6.07, 6.45) is 13.2. The maximum atomic E-state index is 13.3. The average Bonchev–Trinajstić information content (AvgIpc) is 3.24. The summed E-state index contributed by atoms with van der Waals surface area (Å²) in [5.41, 5.74) is 2.14. The van der Waals surface area contributed by atoms with Gasteiger partial charge >= 0.3 is 12.1 Å². The number of nitrogens with zero attached hydrogens (tertiary/aromatic N) is 4. The van der Waals surface area contributed by atoms with Crippen molar-refractivity contribution in [1.29, 1.82) is 0 Å². The molecule has 0 spiro atoms. The molecule has 4 aliphatic heterocycles. The van der Waals surface area contributed by atoms with Crippen LogP contribution in [-0.4, -0.2) is 83.7 Å². The predicted molar refractivity (Wildman–Crippen MR) is 134 cm³/mol. The van der Waals surface area contributed by atoms with Gasteiger partial charge in [-0.1, -0.05) is 43.2 Å². The number of para-hydroxylation sites is 1. The fraction of sp³-hybridized carbons (Fsp3) is 0.630. The molecule has 0 radical (unpaired) electrons. The molecule has 2 atom stereocenters. The Labute approximate surface area is 202 Å². The summed E-state index contributed by atoms with van der Waals surface area (Å²) in [4.78, 5) is 34.8. The Kier molecular flexibility index (Phi) is 5.97. The third kappa shape index (κ3) is 3.98. The Balaban J connectivity index is 1.01. The molecule has 4 heterocycles. The van der Waals surface area contributed by atoms with Crippen molar-refractivity contribution < 1.29 is 9.59 Å². The monoisotopic (exact) mass is 463 g/mol. The summed E-state index contributed by atoms with van der Waals surface area (Å²) in [6.45, 7) is 4.42. The zero-order chi connectivity index (χ0) is 23.1. The lowest BCUT2D eigenvalue weighted by Crippen LogP contribution is -2.55. The van der Waals surface area contributed by atoms with Gasteiger partial charge in [-0.05, 0) is 50.2 Å². The molecule has 1 aromatic rings. The van der Waals surface area contributed by atoms with Crippen molar-refractivity contribution in [3.05, 3.63) is 35.9 Å². The van der Waals surface area contributed by atoms with E-state index >= 15 is 0 Å². The Morgan fingerprint density at radius 1 is 0.882 bits per heavy atom. The van der Waals surface area contributed by atoms with Crippen LogP contribution in [0.15, 0.2) is 30.3 Å². The van der Waals surface area contributed by atoms with E-state index in [9.17, 15) is 9.59 Å². The van der Waals surface area contributed by atoms with E-state index in [0.29, 0.717) is 30.7 Å².